The largest absolute Gasteiger partial charge is 0.240 e. The molecule has 0 aromatic heterocycles. The number of halogens is 1. The Bertz CT molecular complexity index is 143. The predicted molar refractivity (Wildman–Crippen MR) is 78.0 cm³/mol. The van der Waals surface area contributed by atoms with E-state index in [1.807, 2.05) is 0 Å². The minimum atomic E-state index is 0.640. The van der Waals surface area contributed by atoms with E-state index in [1.165, 1.54) is 70.6 Å². The highest BCUT2D eigenvalue weighted by molar-refractivity contribution is 14.1. The maximum absolute atomic E-state index is 3.35. The summed E-state index contributed by atoms with van der Waals surface area (Å²) in [5.74, 6) is 0. The second-order valence-electron chi connectivity index (χ2n) is 4.82. The molecule has 1 aliphatic carbocycles. The molecule has 1 fully saturated rings. The van der Waals surface area contributed by atoms with Gasteiger partial charge in [0.25, 0.3) is 0 Å². The van der Waals surface area contributed by atoms with Gasteiger partial charge in [-0.3, -0.25) is 0 Å². The summed E-state index contributed by atoms with van der Waals surface area (Å²) < 4.78 is 2.91. The third-order valence-electron chi connectivity index (χ3n) is 3.43. The average molecular weight is 339 g/mol. The Morgan fingerprint density at radius 1 is 0.688 bits per heavy atom. The van der Waals surface area contributed by atoms with Crippen LogP contribution in [-0.2, 0) is 0 Å². The van der Waals surface area contributed by atoms with Gasteiger partial charge in [0.05, 0.1) is 0 Å². The van der Waals surface area contributed by atoms with Crippen LogP contribution in [0.15, 0.2) is 0 Å². The van der Waals surface area contributed by atoms with E-state index in [1.54, 1.807) is 0 Å². The fraction of sp³-hybridized carbons (Fsp3) is 1.00. The summed E-state index contributed by atoms with van der Waals surface area (Å²) in [5.41, 5.74) is 6.37. The summed E-state index contributed by atoms with van der Waals surface area (Å²) in [6, 6.07) is 0.640. The van der Waals surface area contributed by atoms with E-state index in [4.69, 9.17) is 0 Å². The first kappa shape index (κ1) is 14.7. The normalized spacial score (nSPS) is 22.3. The first-order valence-electron chi connectivity index (χ1n) is 6.79. The fourth-order valence-corrected chi connectivity index (χ4v) is 2.59. The van der Waals surface area contributed by atoms with Crippen LogP contribution in [0.2, 0.25) is 0 Å². The monoisotopic (exact) mass is 339 g/mol. The highest BCUT2D eigenvalue weighted by Gasteiger charge is 2.08. The van der Waals surface area contributed by atoms with Crippen LogP contribution in [-0.4, -0.2) is 6.04 Å². The van der Waals surface area contributed by atoms with Crippen molar-refractivity contribution in [1.82, 2.24) is 14.6 Å². The fourth-order valence-electron chi connectivity index (χ4n) is 2.44. The molecule has 0 saturated heterocycles. The molecular weight excluding hydrogens is 313 g/mol. The Labute approximate surface area is 114 Å². The molecule has 3 nitrogen and oxygen atoms in total. The Morgan fingerprint density at radius 2 is 1.12 bits per heavy atom. The average Bonchev–Trinajstić information content (AvgIpc) is 2.28. The summed E-state index contributed by atoms with van der Waals surface area (Å²) in [6.07, 6.45) is 15.4. The number of hydrazine groups is 2. The molecule has 0 aromatic rings. The first-order valence-corrected chi connectivity index (χ1v) is 7.87. The predicted octanol–water partition coefficient (Wildman–Crippen LogP) is 3.61. The molecule has 0 aromatic carbocycles. The molecule has 1 saturated carbocycles. The standard InChI is InChI=1S/C12H26IN3/c13-15-16-14-12-10-8-6-4-2-1-3-5-7-9-11-12/h12,14-16H,1-11H2. The molecule has 4 heteroatoms. The molecule has 1 rings (SSSR count). The summed E-state index contributed by atoms with van der Waals surface area (Å²) in [6.45, 7) is 0. The lowest BCUT2D eigenvalue weighted by molar-refractivity contribution is 0.358. The molecule has 0 unspecified atom stereocenters. The van der Waals surface area contributed by atoms with Crippen LogP contribution in [0.3, 0.4) is 0 Å². The molecule has 96 valence electrons. The second-order valence-corrected chi connectivity index (χ2v) is 5.36. The van der Waals surface area contributed by atoms with E-state index in [9.17, 15) is 0 Å². The molecular formula is C12H26IN3. The van der Waals surface area contributed by atoms with E-state index < -0.39 is 0 Å². The van der Waals surface area contributed by atoms with Crippen molar-refractivity contribution in [2.24, 2.45) is 0 Å². The van der Waals surface area contributed by atoms with Gasteiger partial charge in [-0.05, 0) is 12.8 Å². The molecule has 1 aliphatic rings. The van der Waals surface area contributed by atoms with Gasteiger partial charge in [0, 0.05) is 28.9 Å². The van der Waals surface area contributed by atoms with Crippen LogP contribution in [0.1, 0.15) is 70.6 Å². The highest BCUT2D eigenvalue weighted by Crippen LogP contribution is 2.16. The van der Waals surface area contributed by atoms with Crippen LogP contribution < -0.4 is 14.6 Å². The minimum Gasteiger partial charge on any atom is -0.240 e. The molecule has 0 amide bonds. The molecule has 0 spiro atoms. The molecule has 0 bridgehead atoms. The zero-order chi connectivity index (χ0) is 11.5. The zero-order valence-electron chi connectivity index (χ0n) is 10.2. The zero-order valence-corrected chi connectivity index (χ0v) is 12.4. The maximum Gasteiger partial charge on any atom is 0.0346 e. The van der Waals surface area contributed by atoms with Crippen LogP contribution in [0.5, 0.6) is 0 Å². The van der Waals surface area contributed by atoms with E-state index in [-0.39, 0.29) is 0 Å². The van der Waals surface area contributed by atoms with Gasteiger partial charge in [0.1, 0.15) is 0 Å². The second kappa shape index (κ2) is 10.7. The molecule has 0 aliphatic heterocycles. The van der Waals surface area contributed by atoms with Gasteiger partial charge in [0.15, 0.2) is 0 Å². The van der Waals surface area contributed by atoms with Crippen LogP contribution >= 0.6 is 22.9 Å². The van der Waals surface area contributed by atoms with Gasteiger partial charge < -0.3 is 0 Å². The van der Waals surface area contributed by atoms with Crippen molar-refractivity contribution in [2.75, 3.05) is 0 Å². The topological polar surface area (TPSA) is 36.1 Å². The number of hydrogen-bond acceptors (Lipinski definition) is 3. The van der Waals surface area contributed by atoms with Crippen molar-refractivity contribution in [3.63, 3.8) is 0 Å². The Kier molecular flexibility index (Phi) is 9.85. The Morgan fingerprint density at radius 3 is 1.56 bits per heavy atom. The van der Waals surface area contributed by atoms with Crippen LogP contribution in [0, 0.1) is 0 Å². The van der Waals surface area contributed by atoms with Gasteiger partial charge >= 0.3 is 0 Å². The van der Waals surface area contributed by atoms with Gasteiger partial charge in [-0.15, -0.1) is 0 Å². The number of rotatable bonds is 3. The first-order chi connectivity index (χ1) is 7.93. The Hall–Kier alpha value is 0.610. The summed E-state index contributed by atoms with van der Waals surface area (Å²) in [7, 11) is 0. The van der Waals surface area contributed by atoms with Crippen molar-refractivity contribution < 1.29 is 0 Å². The van der Waals surface area contributed by atoms with E-state index in [0.717, 1.165) is 0 Å². The summed E-state index contributed by atoms with van der Waals surface area (Å²) >= 11 is 2.10. The lowest BCUT2D eigenvalue weighted by Crippen LogP contribution is -2.44. The summed E-state index contributed by atoms with van der Waals surface area (Å²) in [5, 5.41) is 0. The van der Waals surface area contributed by atoms with E-state index in [0.29, 0.717) is 6.04 Å². The Balaban J connectivity index is 2.19. The maximum atomic E-state index is 3.35. The van der Waals surface area contributed by atoms with Gasteiger partial charge in [-0.2, -0.15) is 9.17 Å². The molecule has 16 heavy (non-hydrogen) atoms. The lowest BCUT2D eigenvalue weighted by Gasteiger charge is -2.19. The van der Waals surface area contributed by atoms with E-state index >= 15 is 0 Å². The summed E-state index contributed by atoms with van der Waals surface area (Å²) in [4.78, 5) is 0. The highest BCUT2D eigenvalue weighted by atomic mass is 127. The molecule has 3 N–H and O–H groups in total. The van der Waals surface area contributed by atoms with Crippen molar-refractivity contribution in [3.05, 3.63) is 0 Å². The third kappa shape index (κ3) is 7.81. The van der Waals surface area contributed by atoms with Gasteiger partial charge in [0.2, 0.25) is 0 Å². The van der Waals surface area contributed by atoms with Crippen molar-refractivity contribution >= 4 is 22.9 Å². The third-order valence-corrected chi connectivity index (χ3v) is 3.70. The number of hydrogen-bond donors (Lipinski definition) is 3. The molecule has 0 atom stereocenters. The van der Waals surface area contributed by atoms with Crippen molar-refractivity contribution in [3.8, 4) is 0 Å². The van der Waals surface area contributed by atoms with Gasteiger partial charge in [-0.25, -0.2) is 5.43 Å². The quantitative estimate of drug-likeness (QED) is 0.418. The molecule has 0 radical (unpaired) electrons. The van der Waals surface area contributed by atoms with Crippen molar-refractivity contribution in [2.45, 2.75) is 76.7 Å². The molecule has 0 heterocycles. The van der Waals surface area contributed by atoms with Crippen LogP contribution in [0.4, 0.5) is 0 Å². The van der Waals surface area contributed by atoms with E-state index in [2.05, 4.69) is 37.5 Å². The van der Waals surface area contributed by atoms with Crippen LogP contribution in [0.25, 0.3) is 0 Å². The lowest BCUT2D eigenvalue weighted by atomic mass is 9.98. The van der Waals surface area contributed by atoms with Gasteiger partial charge in [-0.1, -0.05) is 57.8 Å². The SMILES string of the molecule is INNNC1CCCCCCCCCCC1. The van der Waals surface area contributed by atoms with Crippen molar-refractivity contribution in [1.29, 1.82) is 0 Å². The number of nitrogens with one attached hydrogen (secondary N) is 3. The smallest absolute Gasteiger partial charge is 0.0346 e. The minimum absolute atomic E-state index is 0.640.